The van der Waals surface area contributed by atoms with Crippen LogP contribution in [0.4, 0.5) is 10.3 Å². The lowest BCUT2D eigenvalue weighted by Gasteiger charge is -2.25. The molecule has 3 N–H and O–H groups in total. The minimum Gasteiger partial charge on any atom is -0.361 e. The largest absolute Gasteiger partial charge is 0.361 e. The number of carbonyl (C=O) groups excluding carboxylic acids is 2. The van der Waals surface area contributed by atoms with E-state index in [4.69, 9.17) is 0 Å². The molecule has 1 fully saturated rings. The molecule has 0 radical (unpaired) electrons. The van der Waals surface area contributed by atoms with Gasteiger partial charge in [0.2, 0.25) is 22.1 Å². The van der Waals surface area contributed by atoms with Crippen molar-refractivity contribution in [1.82, 2.24) is 25.4 Å². The predicted octanol–water partition coefficient (Wildman–Crippen LogP) is 8.05. The summed E-state index contributed by atoms with van der Waals surface area (Å²) >= 11 is 2.92. The molecule has 2 aliphatic carbocycles. The third-order valence-electron chi connectivity index (χ3n) is 9.51. The molecule has 0 spiro atoms. The van der Waals surface area contributed by atoms with Crippen molar-refractivity contribution in [2.45, 2.75) is 76.5 Å². The highest BCUT2D eigenvalue weighted by Crippen LogP contribution is 2.44. The number of nitrogens with one attached hydrogen (secondary N) is 3. The number of benzene rings is 2. The maximum absolute atomic E-state index is 13.2. The number of amides is 2. The molecule has 2 amide bonds. The second kappa shape index (κ2) is 13.3. The van der Waals surface area contributed by atoms with E-state index in [0.717, 1.165) is 64.2 Å². The number of rotatable bonds is 8. The fourth-order valence-electron chi connectivity index (χ4n) is 6.79. The minimum absolute atomic E-state index is 0.0689. The zero-order valence-electron chi connectivity index (χ0n) is 26.0. The van der Waals surface area contributed by atoms with Gasteiger partial charge < -0.3 is 15.6 Å². The van der Waals surface area contributed by atoms with Crippen LogP contribution in [0.2, 0.25) is 0 Å². The van der Waals surface area contributed by atoms with Crippen molar-refractivity contribution in [3.8, 4) is 0 Å². The molecule has 1 saturated carbocycles. The zero-order chi connectivity index (χ0) is 31.6. The Kier molecular flexibility index (Phi) is 8.77. The van der Waals surface area contributed by atoms with E-state index in [9.17, 15) is 9.59 Å². The van der Waals surface area contributed by atoms with Crippen LogP contribution in [0.1, 0.15) is 96.8 Å². The van der Waals surface area contributed by atoms with Gasteiger partial charge in [-0.2, -0.15) is 0 Å². The van der Waals surface area contributed by atoms with Crippen LogP contribution in [0.15, 0.2) is 60.8 Å². The molecule has 9 nitrogen and oxygen atoms in total. The van der Waals surface area contributed by atoms with Gasteiger partial charge in [0.1, 0.15) is 10.0 Å². The van der Waals surface area contributed by atoms with E-state index >= 15 is 0 Å². The lowest BCUT2D eigenvalue weighted by atomic mass is 9.82. The van der Waals surface area contributed by atoms with Crippen molar-refractivity contribution in [1.29, 1.82) is 0 Å². The van der Waals surface area contributed by atoms with Crippen molar-refractivity contribution >= 4 is 61.2 Å². The molecule has 0 saturated heterocycles. The van der Waals surface area contributed by atoms with E-state index in [-0.39, 0.29) is 30.1 Å². The highest BCUT2D eigenvalue weighted by molar-refractivity contribution is 7.15. The number of nitrogens with zero attached hydrogens (tertiary/aromatic N) is 4. The number of fused-ring (bicyclic) bond motifs is 2. The Balaban J connectivity index is 0.950. The Morgan fingerprint density at radius 3 is 2.24 bits per heavy atom. The first kappa shape index (κ1) is 30.4. The Morgan fingerprint density at radius 2 is 1.50 bits per heavy atom. The summed E-state index contributed by atoms with van der Waals surface area (Å²) < 4.78 is 0. The van der Waals surface area contributed by atoms with E-state index in [1.165, 1.54) is 33.8 Å². The number of carbonyl (C=O) groups is 2. The molecule has 0 aliphatic heterocycles. The molecule has 4 atom stereocenters. The van der Waals surface area contributed by atoms with Crippen molar-refractivity contribution in [3.63, 3.8) is 0 Å². The van der Waals surface area contributed by atoms with E-state index < -0.39 is 0 Å². The fraction of sp³-hybridized carbons (Fsp3) is 0.371. The maximum atomic E-state index is 13.2. The quantitative estimate of drug-likeness (QED) is 0.156. The Morgan fingerprint density at radius 1 is 0.848 bits per heavy atom. The third-order valence-corrected chi connectivity index (χ3v) is 11.5. The lowest BCUT2D eigenvalue weighted by molar-refractivity contribution is -0.116. The standard InChI is InChI=1S/C35H37N7O2S2/c1-20-14-15-22(27-11-4-3-10-26(27)21(20)2)17-30(43)37-34-41-39-32(45-34)23-8-7-9-24(16-23)33-40-42-35(46-33)38-31(44)18-25-19-36-29-13-6-5-12-28(25)29/h3-6,10-13,15,19-21,23-24,36H,7-9,14,16-18H2,1-2H3,(H,37,41,43)(H,38,42,44)/t20-,21?,23-,24+/m1/s1. The van der Waals surface area contributed by atoms with Crippen molar-refractivity contribution in [2.24, 2.45) is 5.92 Å². The maximum Gasteiger partial charge on any atom is 0.230 e. The SMILES string of the molecule is CC1c2ccccc2C(CC(=O)Nc2nnc([C@@H]3CCC[C@H](c4nnc(NC(=O)Cc5c[nH]c6ccccc56)s4)C3)s2)=CC[C@H]1C. The minimum atomic E-state index is -0.110. The lowest BCUT2D eigenvalue weighted by Crippen LogP contribution is -2.14. The Bertz CT molecular complexity index is 1910. The smallest absolute Gasteiger partial charge is 0.230 e. The summed E-state index contributed by atoms with van der Waals surface area (Å²) in [6, 6.07) is 16.4. The van der Waals surface area contributed by atoms with Gasteiger partial charge in [-0.25, -0.2) is 0 Å². The normalized spacial score (nSPS) is 21.3. The second-order valence-electron chi connectivity index (χ2n) is 12.6. The summed E-state index contributed by atoms with van der Waals surface area (Å²) in [7, 11) is 0. The Hall–Kier alpha value is -4.22. The third kappa shape index (κ3) is 6.52. The monoisotopic (exact) mass is 651 g/mol. The molecule has 3 heterocycles. The van der Waals surface area contributed by atoms with Crippen molar-refractivity contribution < 1.29 is 9.59 Å². The molecule has 7 rings (SSSR count). The average molecular weight is 652 g/mol. The van der Waals surface area contributed by atoms with Crippen molar-refractivity contribution in [3.05, 3.63) is 87.5 Å². The summed E-state index contributed by atoms with van der Waals surface area (Å²) in [5.74, 6) is 1.27. The van der Waals surface area contributed by atoms with E-state index in [2.05, 4.69) is 74.1 Å². The number of allylic oxidation sites excluding steroid dienone is 1. The van der Waals surface area contributed by atoms with Gasteiger partial charge in [-0.05, 0) is 65.8 Å². The summed E-state index contributed by atoms with van der Waals surface area (Å²) in [5, 5.41) is 27.5. The van der Waals surface area contributed by atoms with E-state index in [0.29, 0.717) is 28.5 Å². The van der Waals surface area contributed by atoms with Gasteiger partial charge in [-0.3, -0.25) is 9.59 Å². The molecule has 2 aliphatic rings. The summed E-state index contributed by atoms with van der Waals surface area (Å²) in [4.78, 5) is 29.2. The first-order valence-electron chi connectivity index (χ1n) is 16.0. The van der Waals surface area contributed by atoms with Gasteiger partial charge in [0.05, 0.1) is 12.8 Å². The van der Waals surface area contributed by atoms with Crippen LogP contribution >= 0.6 is 22.7 Å². The molecule has 2 aromatic carbocycles. The van der Waals surface area contributed by atoms with Gasteiger partial charge in [0.25, 0.3) is 0 Å². The number of anilines is 2. The molecule has 1 unspecified atom stereocenters. The highest BCUT2D eigenvalue weighted by atomic mass is 32.1. The first-order valence-corrected chi connectivity index (χ1v) is 17.6. The van der Waals surface area contributed by atoms with Crippen LogP contribution in [-0.4, -0.2) is 37.2 Å². The first-order chi connectivity index (χ1) is 22.4. The van der Waals surface area contributed by atoms with E-state index in [1.807, 2.05) is 36.5 Å². The van der Waals surface area contributed by atoms with Crippen LogP contribution in [0.5, 0.6) is 0 Å². The highest BCUT2D eigenvalue weighted by Gasteiger charge is 2.30. The number of hydrogen-bond donors (Lipinski definition) is 3. The van der Waals surface area contributed by atoms with Gasteiger partial charge in [0.15, 0.2) is 0 Å². The van der Waals surface area contributed by atoms with Crippen LogP contribution in [0.25, 0.3) is 16.5 Å². The summed E-state index contributed by atoms with van der Waals surface area (Å²) in [6.07, 6.45) is 9.63. The number of hydrogen-bond acceptors (Lipinski definition) is 8. The number of H-pyrrole nitrogens is 1. The van der Waals surface area contributed by atoms with Crippen molar-refractivity contribution in [2.75, 3.05) is 10.6 Å². The number of para-hydroxylation sites is 1. The van der Waals surface area contributed by atoms with Gasteiger partial charge in [-0.1, -0.05) is 91.5 Å². The molecule has 5 aromatic rings. The zero-order valence-corrected chi connectivity index (χ0v) is 27.6. The van der Waals surface area contributed by atoms with Crippen LogP contribution in [0.3, 0.4) is 0 Å². The Labute approximate surface area is 276 Å². The van der Waals surface area contributed by atoms with Crippen LogP contribution in [0, 0.1) is 5.92 Å². The van der Waals surface area contributed by atoms with Gasteiger partial charge in [-0.15, -0.1) is 20.4 Å². The predicted molar refractivity (Wildman–Crippen MR) is 184 cm³/mol. The molecule has 3 aromatic heterocycles. The average Bonchev–Trinajstić information content (AvgIpc) is 3.82. The summed E-state index contributed by atoms with van der Waals surface area (Å²) in [5.41, 5.74) is 5.54. The van der Waals surface area contributed by atoms with Gasteiger partial charge >= 0.3 is 0 Å². The molecular weight excluding hydrogens is 615 g/mol. The molecular formula is C35H37N7O2S2. The molecule has 236 valence electrons. The molecule has 46 heavy (non-hydrogen) atoms. The van der Waals surface area contributed by atoms with E-state index in [1.54, 1.807) is 0 Å². The molecule has 0 bridgehead atoms. The topological polar surface area (TPSA) is 126 Å². The van der Waals surface area contributed by atoms with Gasteiger partial charge in [0, 0.05) is 28.9 Å². The number of aromatic nitrogens is 5. The second-order valence-corrected chi connectivity index (χ2v) is 14.6. The van der Waals surface area contributed by atoms with Crippen LogP contribution in [-0.2, 0) is 16.0 Å². The summed E-state index contributed by atoms with van der Waals surface area (Å²) in [6.45, 7) is 4.54. The fourth-order valence-corrected chi connectivity index (χ4v) is 8.61. The number of aromatic amines is 1. The van der Waals surface area contributed by atoms with Crippen LogP contribution < -0.4 is 10.6 Å². The molecule has 11 heteroatoms.